The van der Waals surface area contributed by atoms with Gasteiger partial charge in [0.25, 0.3) is 0 Å². The number of pyridine rings is 1. The smallest absolute Gasteiger partial charge is 0.130 e. The first-order valence-corrected chi connectivity index (χ1v) is 6.87. The van der Waals surface area contributed by atoms with Crippen LogP contribution in [0.1, 0.15) is 13.8 Å². The molecule has 102 valence electrons. The fourth-order valence-corrected chi connectivity index (χ4v) is 2.07. The summed E-state index contributed by atoms with van der Waals surface area (Å²) in [6.07, 6.45) is 0. The number of para-hydroxylation sites is 1. The first kappa shape index (κ1) is 14.1. The fraction of sp³-hybridized carbons (Fsp3) is 0.167. The second-order valence-corrected chi connectivity index (χ2v) is 4.09. The Morgan fingerprint density at radius 2 is 1.50 bits per heavy atom. The van der Waals surface area contributed by atoms with Gasteiger partial charge in [0.15, 0.2) is 0 Å². The van der Waals surface area contributed by atoms with Crippen molar-refractivity contribution in [3.63, 3.8) is 0 Å². The highest BCUT2D eigenvalue weighted by molar-refractivity contribution is 5.87. The van der Waals surface area contributed by atoms with Gasteiger partial charge in [0.05, 0.1) is 18.3 Å². The number of fused-ring (bicyclic) bond motifs is 1. The van der Waals surface area contributed by atoms with Crippen molar-refractivity contribution in [1.82, 2.24) is 4.98 Å². The molecule has 20 heavy (non-hydrogen) atoms. The van der Waals surface area contributed by atoms with Crippen LogP contribution in [-0.2, 0) is 0 Å². The summed E-state index contributed by atoms with van der Waals surface area (Å²) in [7, 11) is 1.69. The zero-order chi connectivity index (χ0) is 14.4. The van der Waals surface area contributed by atoms with Crippen molar-refractivity contribution in [2.75, 3.05) is 7.11 Å². The van der Waals surface area contributed by atoms with E-state index in [4.69, 9.17) is 4.74 Å². The van der Waals surface area contributed by atoms with E-state index in [1.165, 1.54) is 0 Å². The van der Waals surface area contributed by atoms with Crippen LogP contribution in [0.15, 0.2) is 60.7 Å². The summed E-state index contributed by atoms with van der Waals surface area (Å²) in [5, 5.41) is 1.04. The number of methoxy groups -OCH3 is 1. The molecule has 0 atom stereocenters. The Kier molecular flexibility index (Phi) is 4.72. The predicted octanol–water partition coefficient (Wildman–Crippen LogP) is 4.94. The van der Waals surface area contributed by atoms with Gasteiger partial charge < -0.3 is 4.74 Å². The molecule has 2 aromatic carbocycles. The Labute approximate surface area is 120 Å². The summed E-state index contributed by atoms with van der Waals surface area (Å²) >= 11 is 0. The topological polar surface area (TPSA) is 22.1 Å². The highest BCUT2D eigenvalue weighted by Gasteiger charge is 2.06. The molecule has 0 saturated carbocycles. The zero-order valence-electron chi connectivity index (χ0n) is 12.1. The molecule has 0 aliphatic carbocycles. The number of aromatic nitrogens is 1. The number of ether oxygens (including phenoxy) is 1. The second kappa shape index (κ2) is 6.71. The van der Waals surface area contributed by atoms with Crippen LogP contribution in [0.4, 0.5) is 0 Å². The lowest BCUT2D eigenvalue weighted by Gasteiger charge is -2.08. The van der Waals surface area contributed by atoms with Crippen molar-refractivity contribution in [3.8, 4) is 17.0 Å². The lowest BCUT2D eigenvalue weighted by atomic mass is 10.1. The Bertz CT molecular complexity index is 677. The number of hydrogen-bond acceptors (Lipinski definition) is 2. The van der Waals surface area contributed by atoms with Crippen LogP contribution >= 0.6 is 0 Å². The van der Waals surface area contributed by atoms with Crippen molar-refractivity contribution >= 4 is 10.9 Å². The first-order chi connectivity index (χ1) is 9.88. The Morgan fingerprint density at radius 3 is 2.20 bits per heavy atom. The van der Waals surface area contributed by atoms with Gasteiger partial charge in [0, 0.05) is 17.0 Å². The first-order valence-electron chi connectivity index (χ1n) is 6.87. The molecule has 0 spiro atoms. The molecule has 0 fully saturated rings. The van der Waals surface area contributed by atoms with E-state index in [9.17, 15) is 0 Å². The summed E-state index contributed by atoms with van der Waals surface area (Å²) < 4.78 is 5.45. The van der Waals surface area contributed by atoms with Gasteiger partial charge in [-0.3, -0.25) is 0 Å². The van der Waals surface area contributed by atoms with Gasteiger partial charge in [-0.1, -0.05) is 56.3 Å². The SMILES string of the molecule is CC.COc1cc(-c2ccccc2)nc2ccccc12. The van der Waals surface area contributed by atoms with Gasteiger partial charge in [-0.05, 0) is 12.1 Å². The average Bonchev–Trinajstić information content (AvgIpc) is 2.56. The van der Waals surface area contributed by atoms with E-state index in [0.717, 1.165) is 27.9 Å². The summed E-state index contributed by atoms with van der Waals surface area (Å²) in [6.45, 7) is 4.00. The van der Waals surface area contributed by atoms with Crippen molar-refractivity contribution in [2.24, 2.45) is 0 Å². The molecule has 1 heterocycles. The summed E-state index contributed by atoms with van der Waals surface area (Å²) in [5.74, 6) is 0.861. The molecule has 0 unspecified atom stereocenters. The Balaban J connectivity index is 0.000000704. The van der Waals surface area contributed by atoms with Crippen molar-refractivity contribution in [3.05, 3.63) is 60.7 Å². The maximum atomic E-state index is 5.45. The summed E-state index contributed by atoms with van der Waals surface area (Å²) in [5.41, 5.74) is 2.99. The molecule has 0 aliphatic rings. The van der Waals surface area contributed by atoms with E-state index < -0.39 is 0 Å². The number of nitrogens with zero attached hydrogens (tertiary/aromatic N) is 1. The monoisotopic (exact) mass is 265 g/mol. The Morgan fingerprint density at radius 1 is 0.850 bits per heavy atom. The minimum Gasteiger partial charge on any atom is -0.496 e. The van der Waals surface area contributed by atoms with Gasteiger partial charge in [-0.2, -0.15) is 0 Å². The van der Waals surface area contributed by atoms with Crippen LogP contribution in [0.2, 0.25) is 0 Å². The minimum absolute atomic E-state index is 0.861. The lowest BCUT2D eigenvalue weighted by molar-refractivity contribution is 0.419. The normalized spacial score (nSPS) is 9.75. The van der Waals surface area contributed by atoms with E-state index in [1.807, 2.05) is 62.4 Å². The number of rotatable bonds is 2. The Hall–Kier alpha value is -2.35. The maximum Gasteiger partial charge on any atom is 0.130 e. The van der Waals surface area contributed by atoms with Gasteiger partial charge in [-0.15, -0.1) is 0 Å². The van der Waals surface area contributed by atoms with Crippen LogP contribution in [0.25, 0.3) is 22.2 Å². The van der Waals surface area contributed by atoms with Gasteiger partial charge >= 0.3 is 0 Å². The lowest BCUT2D eigenvalue weighted by Crippen LogP contribution is -1.90. The zero-order valence-corrected chi connectivity index (χ0v) is 12.1. The van der Waals surface area contributed by atoms with E-state index >= 15 is 0 Å². The van der Waals surface area contributed by atoms with Gasteiger partial charge in [0.2, 0.25) is 0 Å². The van der Waals surface area contributed by atoms with Crippen LogP contribution < -0.4 is 4.74 Å². The van der Waals surface area contributed by atoms with E-state index in [-0.39, 0.29) is 0 Å². The third kappa shape index (κ3) is 2.80. The molecule has 0 radical (unpaired) electrons. The van der Waals surface area contributed by atoms with Gasteiger partial charge in [0.1, 0.15) is 5.75 Å². The number of benzene rings is 2. The van der Waals surface area contributed by atoms with Gasteiger partial charge in [-0.25, -0.2) is 4.98 Å². The molecule has 3 rings (SSSR count). The van der Waals surface area contributed by atoms with E-state index in [1.54, 1.807) is 7.11 Å². The summed E-state index contributed by atoms with van der Waals surface area (Å²) in [4.78, 5) is 4.67. The minimum atomic E-state index is 0.861. The standard InChI is InChI=1S/C16H13NO.C2H6/c1-18-16-11-15(12-7-3-2-4-8-12)17-14-10-6-5-9-13(14)16;1-2/h2-11H,1H3;1-2H3. The van der Waals surface area contributed by atoms with E-state index in [0.29, 0.717) is 0 Å². The second-order valence-electron chi connectivity index (χ2n) is 4.09. The third-order valence-electron chi connectivity index (χ3n) is 2.97. The number of hydrogen-bond donors (Lipinski definition) is 0. The molecule has 0 saturated heterocycles. The molecular weight excluding hydrogens is 246 g/mol. The third-order valence-corrected chi connectivity index (χ3v) is 2.97. The van der Waals surface area contributed by atoms with Crippen molar-refractivity contribution < 1.29 is 4.74 Å². The summed E-state index contributed by atoms with van der Waals surface area (Å²) in [6, 6.07) is 20.1. The van der Waals surface area contributed by atoms with Crippen molar-refractivity contribution in [2.45, 2.75) is 13.8 Å². The molecule has 3 aromatic rings. The highest BCUT2D eigenvalue weighted by Crippen LogP contribution is 2.29. The fourth-order valence-electron chi connectivity index (χ4n) is 2.07. The molecule has 2 heteroatoms. The molecule has 1 aromatic heterocycles. The molecular formula is C18H19NO. The van der Waals surface area contributed by atoms with Crippen LogP contribution in [0.5, 0.6) is 5.75 Å². The van der Waals surface area contributed by atoms with Crippen LogP contribution in [0, 0.1) is 0 Å². The average molecular weight is 265 g/mol. The quantitative estimate of drug-likeness (QED) is 0.655. The molecule has 2 nitrogen and oxygen atoms in total. The molecule has 0 amide bonds. The van der Waals surface area contributed by atoms with E-state index in [2.05, 4.69) is 17.1 Å². The molecule has 0 bridgehead atoms. The van der Waals surface area contributed by atoms with Crippen LogP contribution in [-0.4, -0.2) is 12.1 Å². The van der Waals surface area contributed by atoms with Crippen molar-refractivity contribution in [1.29, 1.82) is 0 Å². The largest absolute Gasteiger partial charge is 0.496 e. The molecule has 0 N–H and O–H groups in total. The predicted molar refractivity (Wildman–Crippen MR) is 85.1 cm³/mol. The maximum absolute atomic E-state index is 5.45. The molecule has 0 aliphatic heterocycles. The highest BCUT2D eigenvalue weighted by atomic mass is 16.5. The van der Waals surface area contributed by atoms with Crippen LogP contribution in [0.3, 0.4) is 0 Å².